The molecule has 3 heteroatoms. The maximum Gasteiger partial charge on any atom is 0.0819 e. The molecule has 1 heterocycles. The Morgan fingerprint density at radius 1 is 1.64 bits per heavy atom. The largest absolute Gasteiger partial charge is 0.390 e. The first-order valence-corrected chi connectivity index (χ1v) is 4.26. The molecule has 0 saturated carbocycles. The summed E-state index contributed by atoms with van der Waals surface area (Å²) in [7, 11) is 3.97. The van der Waals surface area contributed by atoms with E-state index in [2.05, 4.69) is 5.32 Å². The highest BCUT2D eigenvalue weighted by Gasteiger charge is 2.22. The van der Waals surface area contributed by atoms with E-state index in [0.717, 1.165) is 19.5 Å². The highest BCUT2D eigenvalue weighted by Crippen LogP contribution is 2.09. The van der Waals surface area contributed by atoms with Crippen molar-refractivity contribution in [2.24, 2.45) is 0 Å². The predicted molar refractivity (Wildman–Crippen MR) is 45.6 cm³/mol. The van der Waals surface area contributed by atoms with Crippen LogP contribution in [0.3, 0.4) is 0 Å². The molecule has 0 aromatic rings. The molecule has 0 spiro atoms. The van der Waals surface area contributed by atoms with Gasteiger partial charge in [0.2, 0.25) is 0 Å². The van der Waals surface area contributed by atoms with Crippen molar-refractivity contribution in [1.29, 1.82) is 0 Å². The van der Waals surface area contributed by atoms with Gasteiger partial charge in [0.05, 0.1) is 6.10 Å². The van der Waals surface area contributed by atoms with Gasteiger partial charge >= 0.3 is 0 Å². The van der Waals surface area contributed by atoms with Gasteiger partial charge in [-0.3, -0.25) is 0 Å². The smallest absolute Gasteiger partial charge is 0.0819 e. The van der Waals surface area contributed by atoms with E-state index in [4.69, 9.17) is 0 Å². The van der Waals surface area contributed by atoms with Gasteiger partial charge < -0.3 is 15.3 Å². The van der Waals surface area contributed by atoms with Crippen LogP contribution in [0.2, 0.25) is 0 Å². The molecule has 1 aliphatic heterocycles. The van der Waals surface area contributed by atoms with Gasteiger partial charge in [-0.05, 0) is 33.5 Å². The van der Waals surface area contributed by atoms with Crippen LogP contribution < -0.4 is 5.32 Å². The lowest BCUT2D eigenvalue weighted by Gasteiger charge is -2.21. The summed E-state index contributed by atoms with van der Waals surface area (Å²) in [6.45, 7) is 1.83. The van der Waals surface area contributed by atoms with E-state index in [1.807, 2.05) is 19.0 Å². The fraction of sp³-hybridized carbons (Fsp3) is 1.00. The molecule has 3 nitrogen and oxygen atoms in total. The average molecular weight is 158 g/mol. The molecule has 1 saturated heterocycles. The molecule has 1 rings (SSSR count). The number of aliphatic hydroxyl groups excluding tert-OH is 1. The van der Waals surface area contributed by atoms with E-state index in [0.29, 0.717) is 6.04 Å². The van der Waals surface area contributed by atoms with Gasteiger partial charge in [-0.2, -0.15) is 0 Å². The number of hydrogen-bond donors (Lipinski definition) is 2. The number of nitrogens with zero attached hydrogens (tertiary/aromatic N) is 1. The summed E-state index contributed by atoms with van der Waals surface area (Å²) in [6.07, 6.45) is 2.12. The van der Waals surface area contributed by atoms with Crippen LogP contribution in [0.1, 0.15) is 12.8 Å². The quantitative estimate of drug-likeness (QED) is 0.590. The lowest BCUT2D eigenvalue weighted by molar-refractivity contribution is 0.104. The molecule has 0 amide bonds. The molecule has 11 heavy (non-hydrogen) atoms. The van der Waals surface area contributed by atoms with Crippen LogP contribution in [0.4, 0.5) is 0 Å². The first-order valence-electron chi connectivity index (χ1n) is 4.26. The van der Waals surface area contributed by atoms with E-state index in [1.165, 1.54) is 6.42 Å². The molecule has 66 valence electrons. The Kier molecular flexibility index (Phi) is 3.30. The average Bonchev–Trinajstić information content (AvgIpc) is 2.35. The molecule has 0 radical (unpaired) electrons. The van der Waals surface area contributed by atoms with Crippen molar-refractivity contribution in [2.45, 2.75) is 25.0 Å². The molecule has 2 N–H and O–H groups in total. The highest BCUT2D eigenvalue weighted by molar-refractivity contribution is 4.82. The first kappa shape index (κ1) is 8.97. The van der Waals surface area contributed by atoms with Crippen molar-refractivity contribution in [2.75, 3.05) is 27.2 Å². The zero-order valence-corrected chi connectivity index (χ0v) is 7.38. The Morgan fingerprint density at radius 3 is 2.82 bits per heavy atom. The first-order chi connectivity index (χ1) is 5.20. The molecule has 0 bridgehead atoms. The van der Waals surface area contributed by atoms with Crippen LogP contribution in [0.25, 0.3) is 0 Å². The Morgan fingerprint density at radius 2 is 2.36 bits per heavy atom. The minimum Gasteiger partial charge on any atom is -0.390 e. The Bertz CT molecular complexity index is 111. The second-order valence-corrected chi connectivity index (χ2v) is 3.53. The third kappa shape index (κ3) is 2.77. The summed E-state index contributed by atoms with van der Waals surface area (Å²) in [4.78, 5) is 2.02. The second kappa shape index (κ2) is 4.04. The Labute approximate surface area is 68.4 Å². The number of rotatable bonds is 3. The van der Waals surface area contributed by atoms with E-state index >= 15 is 0 Å². The Hall–Kier alpha value is -0.120. The summed E-state index contributed by atoms with van der Waals surface area (Å²) < 4.78 is 0. The van der Waals surface area contributed by atoms with Crippen LogP contribution >= 0.6 is 0 Å². The zero-order chi connectivity index (χ0) is 8.27. The van der Waals surface area contributed by atoms with Gasteiger partial charge in [0, 0.05) is 12.6 Å². The highest BCUT2D eigenvalue weighted by atomic mass is 16.3. The van der Waals surface area contributed by atoms with E-state index in [9.17, 15) is 5.11 Å². The molecular weight excluding hydrogens is 140 g/mol. The SMILES string of the molecule is CN(C)CC(O)C1CCCN1. The minimum atomic E-state index is -0.201. The topological polar surface area (TPSA) is 35.5 Å². The molecular formula is C8H18N2O. The summed E-state index contributed by atoms with van der Waals surface area (Å²) >= 11 is 0. The second-order valence-electron chi connectivity index (χ2n) is 3.53. The molecule has 0 aliphatic carbocycles. The maximum atomic E-state index is 9.62. The molecule has 0 aromatic heterocycles. The number of nitrogens with one attached hydrogen (secondary N) is 1. The monoisotopic (exact) mass is 158 g/mol. The van der Waals surface area contributed by atoms with Crippen LogP contribution in [0.15, 0.2) is 0 Å². The fourth-order valence-corrected chi connectivity index (χ4v) is 1.54. The van der Waals surface area contributed by atoms with Gasteiger partial charge in [0.1, 0.15) is 0 Å². The van der Waals surface area contributed by atoms with Crippen LogP contribution in [0.5, 0.6) is 0 Å². The van der Waals surface area contributed by atoms with E-state index in [1.54, 1.807) is 0 Å². The van der Waals surface area contributed by atoms with Gasteiger partial charge in [-0.15, -0.1) is 0 Å². The summed E-state index contributed by atoms with van der Waals surface area (Å²) in [6, 6.07) is 0.331. The molecule has 2 atom stereocenters. The normalized spacial score (nSPS) is 27.8. The van der Waals surface area contributed by atoms with Crippen LogP contribution in [0, 0.1) is 0 Å². The van der Waals surface area contributed by atoms with Crippen molar-refractivity contribution in [3.63, 3.8) is 0 Å². The Balaban J connectivity index is 2.22. The molecule has 1 aliphatic rings. The third-order valence-electron chi connectivity index (χ3n) is 2.12. The number of likely N-dealkylation sites (N-methyl/N-ethyl adjacent to an activating group) is 1. The van der Waals surface area contributed by atoms with E-state index < -0.39 is 0 Å². The standard InChI is InChI=1S/C8H18N2O/c1-10(2)6-8(11)7-4-3-5-9-7/h7-9,11H,3-6H2,1-2H3. The van der Waals surface area contributed by atoms with E-state index in [-0.39, 0.29) is 6.10 Å². The van der Waals surface area contributed by atoms with Crippen molar-refractivity contribution >= 4 is 0 Å². The minimum absolute atomic E-state index is 0.201. The fourth-order valence-electron chi connectivity index (χ4n) is 1.54. The zero-order valence-electron chi connectivity index (χ0n) is 7.38. The lowest BCUT2D eigenvalue weighted by atomic mass is 10.1. The molecule has 0 aromatic carbocycles. The predicted octanol–water partition coefficient (Wildman–Crippen LogP) is -0.339. The van der Waals surface area contributed by atoms with Gasteiger partial charge in [-0.1, -0.05) is 0 Å². The number of hydrogen-bond acceptors (Lipinski definition) is 3. The molecule has 2 unspecified atom stereocenters. The van der Waals surface area contributed by atoms with Crippen molar-refractivity contribution in [3.8, 4) is 0 Å². The van der Waals surface area contributed by atoms with Gasteiger partial charge in [0.15, 0.2) is 0 Å². The van der Waals surface area contributed by atoms with Gasteiger partial charge in [-0.25, -0.2) is 0 Å². The summed E-state index contributed by atoms with van der Waals surface area (Å²) in [5.74, 6) is 0. The van der Waals surface area contributed by atoms with Crippen LogP contribution in [-0.4, -0.2) is 49.3 Å². The van der Waals surface area contributed by atoms with Gasteiger partial charge in [0.25, 0.3) is 0 Å². The molecule has 1 fully saturated rings. The van der Waals surface area contributed by atoms with Crippen LogP contribution in [-0.2, 0) is 0 Å². The lowest BCUT2D eigenvalue weighted by Crippen LogP contribution is -2.41. The van der Waals surface area contributed by atoms with Crippen molar-refractivity contribution in [3.05, 3.63) is 0 Å². The summed E-state index contributed by atoms with van der Waals surface area (Å²) in [5.41, 5.74) is 0. The van der Waals surface area contributed by atoms with Crippen molar-refractivity contribution < 1.29 is 5.11 Å². The third-order valence-corrected chi connectivity index (χ3v) is 2.12. The van der Waals surface area contributed by atoms with Crippen molar-refractivity contribution in [1.82, 2.24) is 10.2 Å². The maximum absolute atomic E-state index is 9.62. The number of aliphatic hydroxyl groups is 1. The summed E-state index contributed by atoms with van der Waals surface area (Å²) in [5, 5.41) is 12.9.